The summed E-state index contributed by atoms with van der Waals surface area (Å²) in [5, 5.41) is 1.00. The minimum Gasteiger partial charge on any atom is -0.360 e. The molecule has 1 N–H and O–H groups in total. The fourth-order valence-corrected chi connectivity index (χ4v) is 1.83. The topological polar surface area (TPSA) is 32.9 Å². The molecule has 0 fully saturated rings. The van der Waals surface area contributed by atoms with Crippen molar-refractivity contribution in [3.8, 4) is 0 Å². The Labute approximate surface area is 84.1 Å². The van der Waals surface area contributed by atoms with Crippen molar-refractivity contribution in [3.63, 3.8) is 0 Å². The second-order valence-corrected chi connectivity index (χ2v) is 3.81. The number of aromatic nitrogens is 1. The van der Waals surface area contributed by atoms with Crippen molar-refractivity contribution in [3.05, 3.63) is 33.9 Å². The van der Waals surface area contributed by atoms with E-state index in [4.69, 9.17) is 0 Å². The van der Waals surface area contributed by atoms with Crippen LogP contribution < -0.4 is 0 Å². The van der Waals surface area contributed by atoms with Gasteiger partial charge >= 0.3 is 0 Å². The lowest BCUT2D eigenvalue weighted by Crippen LogP contribution is -1.81. The van der Waals surface area contributed by atoms with Crippen LogP contribution >= 0.6 is 15.9 Å². The Bertz CT molecular complexity index is 473. The number of rotatable bonds is 1. The maximum atomic E-state index is 10.7. The van der Waals surface area contributed by atoms with Gasteiger partial charge in [-0.05, 0) is 24.6 Å². The predicted molar refractivity (Wildman–Crippen MR) is 56.1 cm³/mol. The Kier molecular flexibility index (Phi) is 1.96. The fraction of sp³-hybridized carbons (Fsp3) is 0.100. The van der Waals surface area contributed by atoms with E-state index < -0.39 is 0 Å². The number of halogens is 1. The van der Waals surface area contributed by atoms with Gasteiger partial charge in [0.05, 0.1) is 0 Å². The van der Waals surface area contributed by atoms with Gasteiger partial charge in [0, 0.05) is 27.1 Å². The zero-order valence-corrected chi connectivity index (χ0v) is 8.68. The standard InChI is InChI=1S/C10H8BrNO/c1-6-8(11)2-3-9-10(6)7(5-13)4-12-9/h2-5,12H,1H3. The molecule has 0 atom stereocenters. The summed E-state index contributed by atoms with van der Waals surface area (Å²) in [7, 11) is 0. The Hall–Kier alpha value is -1.09. The average molecular weight is 238 g/mol. The van der Waals surface area contributed by atoms with E-state index in [1.807, 2.05) is 19.1 Å². The number of fused-ring (bicyclic) bond motifs is 1. The molecule has 0 aliphatic rings. The first-order chi connectivity index (χ1) is 6.24. The van der Waals surface area contributed by atoms with Gasteiger partial charge in [0.25, 0.3) is 0 Å². The normalized spacial score (nSPS) is 10.6. The number of hydrogen-bond donors (Lipinski definition) is 1. The number of nitrogens with one attached hydrogen (secondary N) is 1. The number of aromatic amines is 1. The summed E-state index contributed by atoms with van der Waals surface area (Å²) in [6.45, 7) is 1.99. The molecule has 0 amide bonds. The highest BCUT2D eigenvalue weighted by molar-refractivity contribution is 9.10. The zero-order valence-electron chi connectivity index (χ0n) is 7.10. The number of H-pyrrole nitrogens is 1. The summed E-state index contributed by atoms with van der Waals surface area (Å²) in [5.41, 5.74) is 2.82. The summed E-state index contributed by atoms with van der Waals surface area (Å²) in [6.07, 6.45) is 2.61. The molecule has 0 bridgehead atoms. The summed E-state index contributed by atoms with van der Waals surface area (Å²) in [4.78, 5) is 13.8. The molecule has 13 heavy (non-hydrogen) atoms. The maximum absolute atomic E-state index is 10.7. The number of benzene rings is 1. The third-order valence-electron chi connectivity index (χ3n) is 2.20. The molecule has 1 heterocycles. The molecule has 0 aliphatic heterocycles. The smallest absolute Gasteiger partial charge is 0.152 e. The molecule has 2 nitrogen and oxygen atoms in total. The fourth-order valence-electron chi connectivity index (χ4n) is 1.50. The molecule has 3 heteroatoms. The maximum Gasteiger partial charge on any atom is 0.152 e. The molecular weight excluding hydrogens is 230 g/mol. The molecule has 0 unspecified atom stereocenters. The second-order valence-electron chi connectivity index (χ2n) is 2.96. The lowest BCUT2D eigenvalue weighted by molar-refractivity contribution is 0.112. The quantitative estimate of drug-likeness (QED) is 0.761. The van der Waals surface area contributed by atoms with Crippen molar-refractivity contribution < 1.29 is 4.79 Å². The second kappa shape index (κ2) is 3.00. The highest BCUT2D eigenvalue weighted by Gasteiger charge is 2.07. The van der Waals surface area contributed by atoms with Crippen LogP contribution in [0.15, 0.2) is 22.8 Å². The van der Waals surface area contributed by atoms with Gasteiger partial charge in [0.15, 0.2) is 6.29 Å². The molecule has 2 aromatic rings. The van der Waals surface area contributed by atoms with Crippen molar-refractivity contribution in [1.82, 2.24) is 4.98 Å². The summed E-state index contributed by atoms with van der Waals surface area (Å²) in [5.74, 6) is 0. The van der Waals surface area contributed by atoms with E-state index in [2.05, 4.69) is 20.9 Å². The van der Waals surface area contributed by atoms with Crippen LogP contribution in [-0.2, 0) is 0 Å². The molecule has 0 saturated heterocycles. The highest BCUT2D eigenvalue weighted by atomic mass is 79.9. The highest BCUT2D eigenvalue weighted by Crippen LogP contribution is 2.27. The largest absolute Gasteiger partial charge is 0.360 e. The molecule has 0 spiro atoms. The van der Waals surface area contributed by atoms with Crippen LogP contribution in [0.3, 0.4) is 0 Å². The van der Waals surface area contributed by atoms with Crippen LogP contribution in [-0.4, -0.2) is 11.3 Å². The van der Waals surface area contributed by atoms with Gasteiger partial charge in [-0.3, -0.25) is 4.79 Å². The van der Waals surface area contributed by atoms with E-state index in [9.17, 15) is 4.79 Å². The first-order valence-corrected chi connectivity index (χ1v) is 4.74. The lowest BCUT2D eigenvalue weighted by atomic mass is 10.1. The number of aryl methyl sites for hydroxylation is 1. The molecule has 1 aromatic carbocycles. The van der Waals surface area contributed by atoms with Crippen LogP contribution in [0.1, 0.15) is 15.9 Å². The van der Waals surface area contributed by atoms with Crippen LogP contribution in [0.2, 0.25) is 0 Å². The first-order valence-electron chi connectivity index (χ1n) is 3.95. The summed E-state index contributed by atoms with van der Waals surface area (Å²) in [6, 6.07) is 3.93. The van der Waals surface area contributed by atoms with Gasteiger partial charge in [0.2, 0.25) is 0 Å². The van der Waals surface area contributed by atoms with Gasteiger partial charge in [-0.25, -0.2) is 0 Å². The SMILES string of the molecule is Cc1c(Br)ccc2[nH]cc(C=O)c12. The number of carbonyl (C=O) groups excluding carboxylic acids is 1. The molecule has 0 saturated carbocycles. The van der Waals surface area contributed by atoms with Gasteiger partial charge in [0.1, 0.15) is 0 Å². The first kappa shape index (κ1) is 8.51. The van der Waals surface area contributed by atoms with Crippen molar-refractivity contribution >= 4 is 33.1 Å². The minimum atomic E-state index is 0.716. The number of carbonyl (C=O) groups is 1. The van der Waals surface area contributed by atoms with Gasteiger partial charge in [-0.2, -0.15) is 0 Å². The molecule has 0 aliphatic carbocycles. The average Bonchev–Trinajstić information content (AvgIpc) is 2.55. The predicted octanol–water partition coefficient (Wildman–Crippen LogP) is 3.05. The van der Waals surface area contributed by atoms with Crippen molar-refractivity contribution in [2.45, 2.75) is 6.92 Å². The Balaban J connectivity index is 2.93. The minimum absolute atomic E-state index is 0.716. The van der Waals surface area contributed by atoms with Crippen molar-refractivity contribution in [2.75, 3.05) is 0 Å². The van der Waals surface area contributed by atoms with Crippen LogP contribution in [0.4, 0.5) is 0 Å². The molecule has 1 aromatic heterocycles. The third-order valence-corrected chi connectivity index (χ3v) is 3.06. The third kappa shape index (κ3) is 1.20. The summed E-state index contributed by atoms with van der Waals surface area (Å²) < 4.78 is 1.03. The van der Waals surface area contributed by atoms with E-state index >= 15 is 0 Å². The summed E-state index contributed by atoms with van der Waals surface area (Å²) >= 11 is 3.43. The van der Waals surface area contributed by atoms with E-state index in [1.54, 1.807) is 6.20 Å². The Morgan fingerprint density at radius 1 is 1.46 bits per heavy atom. The number of aldehydes is 1. The molecule has 2 rings (SSSR count). The molecular formula is C10H8BrNO. The van der Waals surface area contributed by atoms with Crippen molar-refractivity contribution in [1.29, 1.82) is 0 Å². The van der Waals surface area contributed by atoms with Gasteiger partial charge in [-0.15, -0.1) is 0 Å². The monoisotopic (exact) mass is 237 g/mol. The Morgan fingerprint density at radius 2 is 2.23 bits per heavy atom. The zero-order chi connectivity index (χ0) is 9.42. The molecule has 0 radical (unpaired) electrons. The molecule has 66 valence electrons. The van der Waals surface area contributed by atoms with Crippen LogP contribution in [0.25, 0.3) is 10.9 Å². The number of hydrogen-bond acceptors (Lipinski definition) is 1. The lowest BCUT2D eigenvalue weighted by Gasteiger charge is -1.99. The van der Waals surface area contributed by atoms with E-state index in [1.165, 1.54) is 0 Å². The van der Waals surface area contributed by atoms with Gasteiger partial charge in [-0.1, -0.05) is 15.9 Å². The van der Waals surface area contributed by atoms with E-state index in [-0.39, 0.29) is 0 Å². The van der Waals surface area contributed by atoms with Crippen molar-refractivity contribution in [2.24, 2.45) is 0 Å². The van der Waals surface area contributed by atoms with E-state index in [0.29, 0.717) is 5.56 Å². The Morgan fingerprint density at radius 3 is 2.92 bits per heavy atom. The van der Waals surface area contributed by atoms with E-state index in [0.717, 1.165) is 27.2 Å². The van der Waals surface area contributed by atoms with Crippen LogP contribution in [0.5, 0.6) is 0 Å². The van der Waals surface area contributed by atoms with Crippen LogP contribution in [0, 0.1) is 6.92 Å². The van der Waals surface area contributed by atoms with Gasteiger partial charge < -0.3 is 4.98 Å².